The number of likely N-dealkylation sites (tertiary alicyclic amines) is 1. The molecule has 29 heavy (non-hydrogen) atoms. The molecule has 0 radical (unpaired) electrons. The van der Waals surface area contributed by atoms with E-state index in [0.29, 0.717) is 19.4 Å². The van der Waals surface area contributed by atoms with Gasteiger partial charge in [0.25, 0.3) is 0 Å². The molecule has 3 fully saturated rings. The van der Waals surface area contributed by atoms with E-state index in [-0.39, 0.29) is 42.3 Å². The lowest BCUT2D eigenvalue weighted by molar-refractivity contribution is -0.149. The quantitative estimate of drug-likeness (QED) is 0.785. The number of amides is 3. The van der Waals surface area contributed by atoms with Crippen LogP contribution in [-0.2, 0) is 14.4 Å². The van der Waals surface area contributed by atoms with Gasteiger partial charge in [-0.1, -0.05) is 37.3 Å². The van der Waals surface area contributed by atoms with Crippen molar-refractivity contribution in [3.05, 3.63) is 35.9 Å². The highest BCUT2D eigenvalue weighted by Crippen LogP contribution is 2.44. The summed E-state index contributed by atoms with van der Waals surface area (Å²) in [4.78, 5) is 44.6. The number of carbonyl (C=O) groups is 3. The van der Waals surface area contributed by atoms with Crippen LogP contribution >= 0.6 is 0 Å². The van der Waals surface area contributed by atoms with Crippen molar-refractivity contribution < 1.29 is 14.4 Å². The average Bonchev–Trinajstić information content (AvgIpc) is 3.14. The first-order valence-electron chi connectivity index (χ1n) is 11.0. The summed E-state index contributed by atoms with van der Waals surface area (Å²) in [6.07, 6.45) is 5.17. The largest absolute Gasteiger partial charge is 0.342 e. The van der Waals surface area contributed by atoms with Crippen molar-refractivity contribution in [3.8, 4) is 0 Å². The average molecular weight is 398 g/mol. The number of rotatable bonds is 4. The molecule has 0 N–H and O–H groups in total. The fourth-order valence-electron chi connectivity index (χ4n) is 5.23. The third-order valence-corrected chi connectivity index (χ3v) is 6.59. The van der Waals surface area contributed by atoms with Crippen LogP contribution in [0.5, 0.6) is 0 Å². The predicted octanol–water partition coefficient (Wildman–Crippen LogP) is 2.60. The van der Waals surface area contributed by atoms with Crippen molar-refractivity contribution in [1.29, 1.82) is 0 Å². The molecule has 3 aliphatic rings. The molecule has 3 aliphatic heterocycles. The van der Waals surface area contributed by atoms with E-state index in [1.165, 1.54) is 6.42 Å². The van der Waals surface area contributed by atoms with Gasteiger partial charge in [-0.05, 0) is 37.7 Å². The number of benzene rings is 1. The van der Waals surface area contributed by atoms with E-state index in [2.05, 4.69) is 0 Å². The number of hydrogen-bond acceptors (Lipinski definition) is 3. The first-order chi connectivity index (χ1) is 14.1. The maximum Gasteiger partial charge on any atom is 0.243 e. The summed E-state index contributed by atoms with van der Waals surface area (Å²) in [5, 5.41) is 0. The highest BCUT2D eigenvalue weighted by Gasteiger charge is 2.51. The van der Waals surface area contributed by atoms with Crippen LogP contribution < -0.4 is 0 Å². The summed E-state index contributed by atoms with van der Waals surface area (Å²) in [7, 11) is 0. The number of piperidine rings is 1. The molecular formula is C23H31N3O3. The van der Waals surface area contributed by atoms with Gasteiger partial charge in [0.2, 0.25) is 17.7 Å². The zero-order chi connectivity index (χ0) is 20.4. The topological polar surface area (TPSA) is 60.9 Å². The zero-order valence-corrected chi connectivity index (χ0v) is 17.3. The Bertz CT molecular complexity index is 760. The lowest BCUT2D eigenvalue weighted by atomic mass is 9.91. The molecule has 6 heteroatoms. The number of piperazine rings is 1. The van der Waals surface area contributed by atoms with Crippen LogP contribution in [0, 0.1) is 5.92 Å². The molecule has 0 spiro atoms. The monoisotopic (exact) mass is 397 g/mol. The highest BCUT2D eigenvalue weighted by molar-refractivity contribution is 5.89. The Morgan fingerprint density at radius 1 is 1.03 bits per heavy atom. The minimum absolute atomic E-state index is 0.0338. The fraction of sp³-hybridized carbons (Fsp3) is 0.609. The first kappa shape index (κ1) is 19.9. The molecule has 4 rings (SSSR count). The van der Waals surface area contributed by atoms with Crippen LogP contribution in [0.3, 0.4) is 0 Å². The van der Waals surface area contributed by atoms with Crippen molar-refractivity contribution in [2.45, 2.75) is 57.5 Å². The van der Waals surface area contributed by atoms with Crippen LogP contribution in [0.4, 0.5) is 0 Å². The van der Waals surface area contributed by atoms with E-state index in [1.807, 2.05) is 47.1 Å². The molecule has 3 amide bonds. The highest BCUT2D eigenvalue weighted by atomic mass is 16.2. The Morgan fingerprint density at radius 3 is 2.45 bits per heavy atom. The van der Waals surface area contributed by atoms with Gasteiger partial charge in [0, 0.05) is 26.1 Å². The third-order valence-electron chi connectivity index (χ3n) is 6.59. The van der Waals surface area contributed by atoms with E-state index in [9.17, 15) is 14.4 Å². The Labute approximate surface area is 172 Å². The first-order valence-corrected chi connectivity index (χ1v) is 11.0. The molecule has 3 saturated heterocycles. The van der Waals surface area contributed by atoms with Crippen molar-refractivity contribution in [1.82, 2.24) is 14.7 Å². The minimum atomic E-state index is -0.231. The van der Waals surface area contributed by atoms with Gasteiger partial charge in [-0.2, -0.15) is 0 Å². The number of nitrogens with zero attached hydrogens (tertiary/aromatic N) is 3. The van der Waals surface area contributed by atoms with Gasteiger partial charge in [-0.15, -0.1) is 0 Å². The second-order valence-electron chi connectivity index (χ2n) is 8.56. The Balaban J connectivity index is 1.62. The molecule has 3 heterocycles. The standard InChI is InChI=1S/C23H31N3O3/c1-2-9-20(27)25-15-18-14-19(23(29)24-12-7-4-8-13-24)22(26(18)21(28)16-25)17-10-5-3-6-11-17/h3,5-6,10-11,18-19,22H,2,4,7-9,12-16H2,1H3/t18-,19-,22-/m0/s1. The van der Waals surface area contributed by atoms with Gasteiger partial charge < -0.3 is 14.7 Å². The van der Waals surface area contributed by atoms with Crippen LogP contribution in [0.2, 0.25) is 0 Å². The summed E-state index contributed by atoms with van der Waals surface area (Å²) in [5.74, 6) is -0.0473. The second-order valence-corrected chi connectivity index (χ2v) is 8.56. The van der Waals surface area contributed by atoms with Crippen LogP contribution in [-0.4, -0.2) is 64.6 Å². The number of carbonyl (C=O) groups excluding carboxylic acids is 3. The Hall–Kier alpha value is -2.37. The van der Waals surface area contributed by atoms with Crippen molar-refractivity contribution in [2.75, 3.05) is 26.2 Å². The summed E-state index contributed by atoms with van der Waals surface area (Å²) in [6, 6.07) is 9.62. The molecule has 1 aromatic rings. The molecule has 0 bridgehead atoms. The molecule has 3 atom stereocenters. The summed E-state index contributed by atoms with van der Waals surface area (Å²) >= 11 is 0. The van der Waals surface area contributed by atoms with Crippen LogP contribution in [0.1, 0.15) is 57.1 Å². The summed E-state index contributed by atoms with van der Waals surface area (Å²) < 4.78 is 0. The van der Waals surface area contributed by atoms with Gasteiger partial charge in [0.15, 0.2) is 0 Å². The maximum atomic E-state index is 13.5. The van der Waals surface area contributed by atoms with E-state index in [0.717, 1.165) is 37.9 Å². The lowest BCUT2D eigenvalue weighted by Gasteiger charge is -2.40. The third kappa shape index (κ3) is 3.89. The van der Waals surface area contributed by atoms with Crippen molar-refractivity contribution in [3.63, 3.8) is 0 Å². The van der Waals surface area contributed by atoms with E-state index < -0.39 is 0 Å². The maximum absolute atomic E-state index is 13.5. The molecule has 156 valence electrons. The number of fused-ring (bicyclic) bond motifs is 1. The second kappa shape index (κ2) is 8.56. The molecule has 0 aromatic heterocycles. The smallest absolute Gasteiger partial charge is 0.243 e. The molecule has 0 aliphatic carbocycles. The minimum Gasteiger partial charge on any atom is -0.342 e. The molecular weight excluding hydrogens is 366 g/mol. The van der Waals surface area contributed by atoms with Gasteiger partial charge in [0.05, 0.1) is 24.5 Å². The van der Waals surface area contributed by atoms with Crippen molar-refractivity contribution >= 4 is 17.7 Å². The van der Waals surface area contributed by atoms with Crippen molar-refractivity contribution in [2.24, 2.45) is 5.92 Å². The molecule has 6 nitrogen and oxygen atoms in total. The van der Waals surface area contributed by atoms with Gasteiger partial charge in [-0.3, -0.25) is 14.4 Å². The van der Waals surface area contributed by atoms with Crippen LogP contribution in [0.15, 0.2) is 30.3 Å². The molecule has 1 aromatic carbocycles. The lowest BCUT2D eigenvalue weighted by Crippen LogP contribution is -2.55. The fourth-order valence-corrected chi connectivity index (χ4v) is 5.23. The van der Waals surface area contributed by atoms with E-state index in [1.54, 1.807) is 4.90 Å². The summed E-state index contributed by atoms with van der Waals surface area (Å²) in [6.45, 7) is 4.28. The normalized spacial score (nSPS) is 27.1. The van der Waals surface area contributed by atoms with Gasteiger partial charge >= 0.3 is 0 Å². The summed E-state index contributed by atoms with van der Waals surface area (Å²) in [5.41, 5.74) is 1.02. The van der Waals surface area contributed by atoms with Gasteiger partial charge in [-0.25, -0.2) is 0 Å². The Kier molecular flexibility index (Phi) is 5.88. The van der Waals surface area contributed by atoms with Crippen LogP contribution in [0.25, 0.3) is 0 Å². The molecule has 0 unspecified atom stereocenters. The van der Waals surface area contributed by atoms with Gasteiger partial charge in [0.1, 0.15) is 0 Å². The molecule has 0 saturated carbocycles. The van der Waals surface area contributed by atoms with E-state index in [4.69, 9.17) is 0 Å². The predicted molar refractivity (Wildman–Crippen MR) is 110 cm³/mol. The van der Waals surface area contributed by atoms with E-state index >= 15 is 0 Å². The SMILES string of the molecule is CCCC(=O)N1CC(=O)N2[C@@H](C[C@H](C(=O)N3CCCCC3)[C@@H]2c2ccccc2)C1. The Morgan fingerprint density at radius 2 is 1.76 bits per heavy atom. The number of hydrogen-bond donors (Lipinski definition) is 0. The zero-order valence-electron chi connectivity index (χ0n) is 17.3.